The molecule has 1 rings (SSSR count). The lowest BCUT2D eigenvalue weighted by Crippen LogP contribution is -2.10. The highest BCUT2D eigenvalue weighted by atomic mass is 15.1. The minimum absolute atomic E-state index is 0.824. The van der Waals surface area contributed by atoms with Crippen molar-refractivity contribution in [3.63, 3.8) is 0 Å². The van der Waals surface area contributed by atoms with Crippen molar-refractivity contribution in [2.24, 2.45) is 5.92 Å². The van der Waals surface area contributed by atoms with Crippen molar-refractivity contribution in [3.8, 4) is 0 Å². The number of hydrogen-bond donors (Lipinski definition) is 0. The van der Waals surface area contributed by atoms with Crippen LogP contribution in [0.25, 0.3) is 0 Å². The van der Waals surface area contributed by atoms with Crippen molar-refractivity contribution < 1.29 is 0 Å². The van der Waals surface area contributed by atoms with Crippen LogP contribution in [0.4, 0.5) is 0 Å². The van der Waals surface area contributed by atoms with Gasteiger partial charge in [0.25, 0.3) is 0 Å². The second kappa shape index (κ2) is 1.81. The molecule has 1 aliphatic carbocycles. The Morgan fingerprint density at radius 1 is 1.50 bits per heavy atom. The number of nitrogens with zero attached hydrogens (tertiary/aromatic N) is 1. The smallest absolute Gasteiger partial charge is 0.00860 e. The zero-order valence-corrected chi connectivity index (χ0v) is 5.65. The summed E-state index contributed by atoms with van der Waals surface area (Å²) in [5.74, 6) is 0.824. The van der Waals surface area contributed by atoms with E-state index in [1.807, 2.05) is 0 Å². The largest absolute Gasteiger partial charge is 0.381 e. The van der Waals surface area contributed by atoms with Crippen molar-refractivity contribution >= 4 is 0 Å². The third-order valence-electron chi connectivity index (χ3n) is 1.62. The number of allylic oxidation sites excluding steroid dienone is 1. The van der Waals surface area contributed by atoms with Crippen molar-refractivity contribution in [2.45, 2.75) is 12.8 Å². The van der Waals surface area contributed by atoms with Crippen LogP contribution in [-0.4, -0.2) is 19.0 Å². The van der Waals surface area contributed by atoms with Crippen LogP contribution in [0.1, 0.15) is 12.8 Å². The molecule has 0 amide bonds. The van der Waals surface area contributed by atoms with Gasteiger partial charge in [-0.15, -0.1) is 0 Å². The Morgan fingerprint density at radius 2 is 2.00 bits per heavy atom. The van der Waals surface area contributed by atoms with Crippen LogP contribution in [0.2, 0.25) is 0 Å². The number of rotatable bonds is 2. The molecule has 1 saturated carbocycles. The van der Waals surface area contributed by atoms with Crippen molar-refractivity contribution in [1.82, 2.24) is 4.90 Å². The maximum atomic E-state index is 3.94. The highest BCUT2D eigenvalue weighted by molar-refractivity contribution is 5.04. The first-order valence-corrected chi connectivity index (χ1v) is 3.08. The lowest BCUT2D eigenvalue weighted by molar-refractivity contribution is 0.482. The normalized spacial score (nSPS) is 18.2. The molecule has 0 radical (unpaired) electrons. The maximum Gasteiger partial charge on any atom is 0.00860 e. The molecular weight excluding hydrogens is 98.1 g/mol. The average Bonchev–Trinajstić information content (AvgIpc) is 2.43. The first kappa shape index (κ1) is 5.67. The summed E-state index contributed by atoms with van der Waals surface area (Å²) in [4.78, 5) is 2.11. The van der Waals surface area contributed by atoms with Crippen LogP contribution in [0.15, 0.2) is 12.3 Å². The number of hydrogen-bond acceptors (Lipinski definition) is 1. The van der Waals surface area contributed by atoms with E-state index in [1.165, 1.54) is 18.5 Å². The Hall–Kier alpha value is -0.460. The van der Waals surface area contributed by atoms with E-state index in [0.717, 1.165) is 5.92 Å². The van der Waals surface area contributed by atoms with Crippen LogP contribution in [-0.2, 0) is 0 Å². The second-order valence-corrected chi connectivity index (χ2v) is 2.66. The predicted octanol–water partition coefficient (Wildman–Crippen LogP) is 1.47. The fraction of sp³-hybridized carbons (Fsp3) is 0.714. The molecule has 0 spiro atoms. The molecule has 1 aliphatic rings. The van der Waals surface area contributed by atoms with Crippen LogP contribution < -0.4 is 0 Å². The zero-order valence-electron chi connectivity index (χ0n) is 5.65. The van der Waals surface area contributed by atoms with E-state index in [-0.39, 0.29) is 0 Å². The monoisotopic (exact) mass is 111 g/mol. The molecule has 0 atom stereocenters. The Labute approximate surface area is 51.0 Å². The van der Waals surface area contributed by atoms with Crippen molar-refractivity contribution in [1.29, 1.82) is 0 Å². The second-order valence-electron chi connectivity index (χ2n) is 2.66. The van der Waals surface area contributed by atoms with Crippen molar-refractivity contribution in [3.05, 3.63) is 12.3 Å². The third-order valence-corrected chi connectivity index (χ3v) is 1.62. The molecule has 0 aromatic rings. The van der Waals surface area contributed by atoms with Gasteiger partial charge in [0, 0.05) is 19.8 Å². The topological polar surface area (TPSA) is 3.24 Å². The van der Waals surface area contributed by atoms with Gasteiger partial charge in [-0.05, 0) is 18.8 Å². The van der Waals surface area contributed by atoms with E-state index < -0.39 is 0 Å². The molecule has 0 bridgehead atoms. The Morgan fingerprint density at radius 3 is 2.12 bits per heavy atom. The highest BCUT2D eigenvalue weighted by Crippen LogP contribution is 2.35. The van der Waals surface area contributed by atoms with Gasteiger partial charge >= 0.3 is 0 Å². The van der Waals surface area contributed by atoms with Crippen LogP contribution in [0.3, 0.4) is 0 Å². The molecule has 0 unspecified atom stereocenters. The summed E-state index contributed by atoms with van der Waals surface area (Å²) in [7, 11) is 4.11. The van der Waals surface area contributed by atoms with Crippen molar-refractivity contribution in [2.75, 3.05) is 14.1 Å². The molecule has 0 N–H and O–H groups in total. The molecule has 0 aromatic carbocycles. The van der Waals surface area contributed by atoms with E-state index in [1.54, 1.807) is 0 Å². The van der Waals surface area contributed by atoms with Gasteiger partial charge in [0.2, 0.25) is 0 Å². The van der Waals surface area contributed by atoms with Gasteiger partial charge in [0.15, 0.2) is 0 Å². The van der Waals surface area contributed by atoms with Crippen LogP contribution >= 0.6 is 0 Å². The standard InChI is InChI=1S/C7H13N/c1-6(8(2)3)7-4-5-7/h7H,1,4-5H2,2-3H3. The summed E-state index contributed by atoms with van der Waals surface area (Å²) in [6.45, 7) is 3.94. The summed E-state index contributed by atoms with van der Waals surface area (Å²) in [6, 6.07) is 0. The first-order valence-electron chi connectivity index (χ1n) is 3.08. The van der Waals surface area contributed by atoms with Gasteiger partial charge in [0.1, 0.15) is 0 Å². The summed E-state index contributed by atoms with van der Waals surface area (Å²) in [6.07, 6.45) is 2.72. The molecule has 0 aromatic heterocycles. The minimum atomic E-state index is 0.824. The molecular formula is C7H13N. The quantitative estimate of drug-likeness (QED) is 0.521. The lowest BCUT2D eigenvalue weighted by atomic mass is 10.3. The van der Waals surface area contributed by atoms with Crippen LogP contribution in [0, 0.1) is 5.92 Å². The first-order chi connectivity index (χ1) is 3.72. The molecule has 1 fully saturated rings. The summed E-state index contributed by atoms with van der Waals surface area (Å²) in [5, 5.41) is 0. The maximum absolute atomic E-state index is 3.94. The summed E-state index contributed by atoms with van der Waals surface area (Å²) < 4.78 is 0. The molecule has 8 heavy (non-hydrogen) atoms. The van der Waals surface area contributed by atoms with Gasteiger partial charge in [-0.3, -0.25) is 0 Å². The van der Waals surface area contributed by atoms with E-state index in [2.05, 4.69) is 25.6 Å². The lowest BCUT2D eigenvalue weighted by Gasteiger charge is -2.13. The molecule has 1 heteroatoms. The molecule has 1 nitrogen and oxygen atoms in total. The zero-order chi connectivity index (χ0) is 6.15. The molecule has 0 saturated heterocycles. The van der Waals surface area contributed by atoms with E-state index in [4.69, 9.17) is 0 Å². The fourth-order valence-electron chi connectivity index (χ4n) is 0.782. The average molecular weight is 111 g/mol. The predicted molar refractivity (Wildman–Crippen MR) is 35.6 cm³/mol. The van der Waals surface area contributed by atoms with Gasteiger partial charge in [0.05, 0.1) is 0 Å². The van der Waals surface area contributed by atoms with E-state index >= 15 is 0 Å². The van der Waals surface area contributed by atoms with Gasteiger partial charge in [-0.25, -0.2) is 0 Å². The van der Waals surface area contributed by atoms with E-state index in [9.17, 15) is 0 Å². The fourth-order valence-corrected chi connectivity index (χ4v) is 0.782. The third kappa shape index (κ3) is 1.03. The Balaban J connectivity index is 2.33. The van der Waals surface area contributed by atoms with Gasteiger partial charge in [-0.2, -0.15) is 0 Å². The van der Waals surface area contributed by atoms with Gasteiger partial charge < -0.3 is 4.90 Å². The summed E-state index contributed by atoms with van der Waals surface area (Å²) in [5.41, 5.74) is 1.30. The molecule has 46 valence electrons. The SMILES string of the molecule is C=C(C1CC1)N(C)C. The highest BCUT2D eigenvalue weighted by Gasteiger charge is 2.25. The molecule has 0 aliphatic heterocycles. The Bertz CT molecular complexity index is 97.0. The van der Waals surface area contributed by atoms with E-state index in [0.29, 0.717) is 0 Å². The summed E-state index contributed by atoms with van der Waals surface area (Å²) >= 11 is 0. The minimum Gasteiger partial charge on any atom is -0.381 e. The molecule has 0 heterocycles. The Kier molecular flexibility index (Phi) is 1.28. The van der Waals surface area contributed by atoms with Crippen LogP contribution in [0.5, 0.6) is 0 Å². The van der Waals surface area contributed by atoms with Gasteiger partial charge in [-0.1, -0.05) is 6.58 Å².